The Morgan fingerprint density at radius 1 is 1.07 bits per heavy atom. The van der Waals surface area contributed by atoms with Gasteiger partial charge in [-0.15, -0.1) is 10.2 Å². The molecule has 0 bridgehead atoms. The molecule has 0 saturated carbocycles. The van der Waals surface area contributed by atoms with Crippen molar-refractivity contribution in [2.24, 2.45) is 0 Å². The zero-order chi connectivity index (χ0) is 20.2. The van der Waals surface area contributed by atoms with E-state index in [-0.39, 0.29) is 12.7 Å². The van der Waals surface area contributed by atoms with E-state index in [4.69, 9.17) is 13.9 Å². The molecule has 1 aliphatic rings. The molecule has 8 heteroatoms. The number of rotatable bonds is 7. The van der Waals surface area contributed by atoms with Crippen molar-refractivity contribution in [2.45, 2.75) is 24.3 Å². The number of hydrogen-bond donors (Lipinski definition) is 0. The molecule has 0 N–H and O–H groups in total. The van der Waals surface area contributed by atoms with Crippen molar-refractivity contribution in [2.75, 3.05) is 19.9 Å². The van der Waals surface area contributed by atoms with Gasteiger partial charge in [0.15, 0.2) is 11.5 Å². The number of likely N-dealkylation sites (N-methyl/N-ethyl adjacent to an activating group) is 1. The van der Waals surface area contributed by atoms with E-state index in [0.717, 1.165) is 11.1 Å². The van der Waals surface area contributed by atoms with E-state index < -0.39 is 5.25 Å². The van der Waals surface area contributed by atoms with Gasteiger partial charge in [-0.2, -0.15) is 0 Å². The topological polar surface area (TPSA) is 77.7 Å². The lowest BCUT2D eigenvalue weighted by molar-refractivity contribution is -0.130. The fourth-order valence-corrected chi connectivity index (χ4v) is 4.05. The van der Waals surface area contributed by atoms with E-state index in [2.05, 4.69) is 10.2 Å². The molecule has 0 saturated heterocycles. The van der Waals surface area contributed by atoms with Crippen LogP contribution in [0.2, 0.25) is 0 Å². The number of benzene rings is 2. The highest BCUT2D eigenvalue weighted by atomic mass is 32.2. The van der Waals surface area contributed by atoms with Gasteiger partial charge in [0.2, 0.25) is 18.6 Å². The van der Waals surface area contributed by atoms with E-state index in [0.29, 0.717) is 35.7 Å². The van der Waals surface area contributed by atoms with Crippen molar-refractivity contribution in [1.82, 2.24) is 15.1 Å². The Kier molecular flexibility index (Phi) is 5.71. The minimum atomic E-state index is -0.457. The Bertz CT molecular complexity index is 989. The normalized spacial score (nSPS) is 13.3. The molecule has 0 aliphatic carbocycles. The molecule has 29 heavy (non-hydrogen) atoms. The predicted octanol–water partition coefficient (Wildman–Crippen LogP) is 4.17. The van der Waals surface area contributed by atoms with Crippen LogP contribution in [0.4, 0.5) is 0 Å². The Morgan fingerprint density at radius 2 is 1.83 bits per heavy atom. The third-order valence-corrected chi connectivity index (χ3v) is 5.72. The largest absolute Gasteiger partial charge is 0.454 e. The van der Waals surface area contributed by atoms with Crippen LogP contribution in [0.5, 0.6) is 11.5 Å². The lowest BCUT2D eigenvalue weighted by Gasteiger charge is -2.24. The van der Waals surface area contributed by atoms with Crippen molar-refractivity contribution >= 4 is 17.7 Å². The number of thioether (sulfide) groups is 1. The van der Waals surface area contributed by atoms with Gasteiger partial charge >= 0.3 is 0 Å². The first-order chi connectivity index (χ1) is 14.2. The molecular weight excluding hydrogens is 390 g/mol. The maximum atomic E-state index is 13.1. The molecule has 2 aromatic carbocycles. The maximum absolute atomic E-state index is 13.1. The third kappa shape index (κ3) is 4.07. The maximum Gasteiger partial charge on any atom is 0.277 e. The smallest absolute Gasteiger partial charge is 0.277 e. The van der Waals surface area contributed by atoms with E-state index >= 15 is 0 Å². The molecule has 4 rings (SSSR count). The SMILES string of the molecule is CCN(CC)C(=O)[C@H](Sc1nnc(-c2ccc3c(c2)OCO3)o1)c1ccccc1. The number of hydrogen-bond acceptors (Lipinski definition) is 7. The summed E-state index contributed by atoms with van der Waals surface area (Å²) in [5, 5.41) is 8.18. The van der Waals surface area contributed by atoms with Crippen LogP contribution in [0.25, 0.3) is 11.5 Å². The second-order valence-corrected chi connectivity index (χ2v) is 7.42. The van der Waals surface area contributed by atoms with Gasteiger partial charge in [-0.1, -0.05) is 30.3 Å². The van der Waals surface area contributed by atoms with Crippen LogP contribution in [0.15, 0.2) is 58.2 Å². The average Bonchev–Trinajstić information content (AvgIpc) is 3.42. The molecule has 0 radical (unpaired) electrons. The fourth-order valence-electron chi connectivity index (χ4n) is 3.09. The van der Waals surface area contributed by atoms with Crippen molar-refractivity contribution in [1.29, 1.82) is 0 Å². The van der Waals surface area contributed by atoms with Crippen LogP contribution in [0, 0.1) is 0 Å². The quantitative estimate of drug-likeness (QED) is 0.540. The lowest BCUT2D eigenvalue weighted by Crippen LogP contribution is -2.33. The number of carbonyl (C=O) groups is 1. The Morgan fingerprint density at radius 3 is 2.59 bits per heavy atom. The van der Waals surface area contributed by atoms with Crippen LogP contribution in [-0.2, 0) is 4.79 Å². The molecule has 0 fully saturated rings. The van der Waals surface area contributed by atoms with Crippen molar-refractivity contribution < 1.29 is 18.7 Å². The summed E-state index contributed by atoms with van der Waals surface area (Å²) in [6.45, 7) is 5.43. The zero-order valence-corrected chi connectivity index (χ0v) is 17.0. The van der Waals surface area contributed by atoms with E-state index in [1.165, 1.54) is 11.8 Å². The number of amides is 1. The molecule has 1 aliphatic heterocycles. The second kappa shape index (κ2) is 8.57. The lowest BCUT2D eigenvalue weighted by atomic mass is 10.1. The summed E-state index contributed by atoms with van der Waals surface area (Å²) >= 11 is 1.26. The van der Waals surface area contributed by atoms with Crippen LogP contribution < -0.4 is 9.47 Å². The van der Waals surface area contributed by atoms with Gasteiger partial charge < -0.3 is 18.8 Å². The third-order valence-electron chi connectivity index (χ3n) is 4.65. The first kappa shape index (κ1) is 19.3. The van der Waals surface area contributed by atoms with E-state index in [1.54, 1.807) is 11.0 Å². The number of nitrogens with zero attached hydrogens (tertiary/aromatic N) is 3. The Labute approximate surface area is 173 Å². The molecular formula is C21H21N3O4S. The molecule has 1 atom stereocenters. The van der Waals surface area contributed by atoms with Crippen LogP contribution in [-0.4, -0.2) is 40.9 Å². The first-order valence-corrected chi connectivity index (χ1v) is 10.3. The molecule has 1 aromatic heterocycles. The number of aromatic nitrogens is 2. The van der Waals surface area contributed by atoms with E-state index in [9.17, 15) is 4.79 Å². The summed E-state index contributed by atoms with van der Waals surface area (Å²) in [4.78, 5) is 14.9. The Balaban J connectivity index is 1.59. The first-order valence-electron chi connectivity index (χ1n) is 9.43. The zero-order valence-electron chi connectivity index (χ0n) is 16.2. The highest BCUT2D eigenvalue weighted by molar-refractivity contribution is 8.00. The fraction of sp³-hybridized carbons (Fsp3) is 0.286. The van der Waals surface area contributed by atoms with Crippen LogP contribution >= 0.6 is 11.8 Å². The highest BCUT2D eigenvalue weighted by Gasteiger charge is 2.28. The van der Waals surface area contributed by atoms with Gasteiger partial charge in [-0.05, 0) is 49.4 Å². The molecule has 3 aromatic rings. The summed E-state index contributed by atoms with van der Waals surface area (Å²) < 4.78 is 16.6. The molecule has 2 heterocycles. The summed E-state index contributed by atoms with van der Waals surface area (Å²) in [6.07, 6.45) is 0. The molecule has 150 valence electrons. The van der Waals surface area contributed by atoms with Crippen molar-refractivity contribution in [3.8, 4) is 23.0 Å². The molecule has 0 unspecified atom stereocenters. The summed E-state index contributed by atoms with van der Waals surface area (Å²) in [6, 6.07) is 15.1. The number of carbonyl (C=O) groups excluding carboxylic acids is 1. The number of fused-ring (bicyclic) bond motifs is 1. The van der Waals surface area contributed by atoms with Gasteiger partial charge in [0, 0.05) is 18.7 Å². The van der Waals surface area contributed by atoms with Gasteiger partial charge in [0.1, 0.15) is 5.25 Å². The predicted molar refractivity (Wildman–Crippen MR) is 109 cm³/mol. The minimum absolute atomic E-state index is 0.0222. The summed E-state index contributed by atoms with van der Waals surface area (Å²) in [5.74, 6) is 1.73. The standard InChI is InChI=1S/C21H21N3O4S/c1-3-24(4-2)20(25)18(14-8-6-5-7-9-14)29-21-23-22-19(28-21)15-10-11-16-17(12-15)27-13-26-16/h5-12,18H,3-4,13H2,1-2H3/t18-/m1/s1. The summed E-state index contributed by atoms with van der Waals surface area (Å²) in [7, 11) is 0. The molecule has 7 nitrogen and oxygen atoms in total. The van der Waals surface area contributed by atoms with Crippen LogP contribution in [0.1, 0.15) is 24.7 Å². The van der Waals surface area contributed by atoms with Gasteiger partial charge in [-0.25, -0.2) is 0 Å². The molecule has 0 spiro atoms. The Hall–Kier alpha value is -3.00. The second-order valence-electron chi connectivity index (χ2n) is 6.36. The number of ether oxygens (including phenoxy) is 2. The van der Waals surface area contributed by atoms with E-state index in [1.807, 2.05) is 56.3 Å². The summed E-state index contributed by atoms with van der Waals surface area (Å²) in [5.41, 5.74) is 1.64. The van der Waals surface area contributed by atoms with Crippen LogP contribution in [0.3, 0.4) is 0 Å². The van der Waals surface area contributed by atoms with Crippen molar-refractivity contribution in [3.05, 3.63) is 54.1 Å². The molecule has 1 amide bonds. The van der Waals surface area contributed by atoms with Gasteiger partial charge in [0.25, 0.3) is 5.22 Å². The monoisotopic (exact) mass is 411 g/mol. The average molecular weight is 411 g/mol. The minimum Gasteiger partial charge on any atom is -0.454 e. The van der Waals surface area contributed by atoms with Crippen molar-refractivity contribution in [3.63, 3.8) is 0 Å². The highest BCUT2D eigenvalue weighted by Crippen LogP contribution is 2.39. The van der Waals surface area contributed by atoms with Gasteiger partial charge in [0.05, 0.1) is 0 Å². The van der Waals surface area contributed by atoms with Gasteiger partial charge in [-0.3, -0.25) is 4.79 Å².